The summed E-state index contributed by atoms with van der Waals surface area (Å²) in [5.74, 6) is 2.47. The zero-order valence-corrected chi connectivity index (χ0v) is 15.7. The summed E-state index contributed by atoms with van der Waals surface area (Å²) in [6, 6.07) is 0.291. The predicted molar refractivity (Wildman–Crippen MR) is 95.8 cm³/mol. The Morgan fingerprint density at radius 1 is 1.46 bits per heavy atom. The molecule has 0 aromatic carbocycles. The molecule has 1 saturated carbocycles. The minimum atomic E-state index is -0.116. The predicted octanol–water partition coefficient (Wildman–Crippen LogP) is 1.55. The number of aliphatic imine (C=N–C) groups is 1. The smallest absolute Gasteiger partial charge is 0.192 e. The van der Waals surface area contributed by atoms with Crippen LogP contribution in [0, 0.1) is 12.3 Å². The lowest BCUT2D eigenvalue weighted by molar-refractivity contribution is -0.176. The maximum Gasteiger partial charge on any atom is 0.192 e. The monoisotopic (exact) mass is 334 g/mol. The van der Waals surface area contributed by atoms with E-state index in [1.165, 1.54) is 0 Å². The van der Waals surface area contributed by atoms with Crippen LogP contribution in [0.1, 0.15) is 38.8 Å². The van der Waals surface area contributed by atoms with Gasteiger partial charge in [0.2, 0.25) is 0 Å². The zero-order chi connectivity index (χ0) is 18.0. The number of methoxy groups -OCH3 is 1. The summed E-state index contributed by atoms with van der Waals surface area (Å²) in [6.07, 6.45) is 2.75. The van der Waals surface area contributed by atoms with Crippen LogP contribution < -0.4 is 10.6 Å². The highest BCUT2D eigenvalue weighted by atomic mass is 16.5. The Bertz CT molecular complexity index is 621. The number of ether oxygens (including phenoxy) is 1. The number of guanidine groups is 1. The maximum atomic E-state index is 5.69. The topological polar surface area (TPSA) is 76.4 Å². The Labute approximate surface area is 144 Å². The molecule has 134 valence electrons. The summed E-state index contributed by atoms with van der Waals surface area (Å²) >= 11 is 0. The average molecular weight is 334 g/mol. The number of aryl methyl sites for hydroxylation is 1. The van der Waals surface area contributed by atoms with Crippen LogP contribution in [0.4, 0.5) is 0 Å². The largest absolute Gasteiger partial charge is 0.378 e. The van der Waals surface area contributed by atoms with E-state index in [1.54, 1.807) is 7.11 Å². The highest BCUT2D eigenvalue weighted by Gasteiger charge is 2.58. The number of nitrogens with one attached hydrogen (secondary N) is 2. The molecular formula is C17H30N6O. The first-order valence-electron chi connectivity index (χ1n) is 8.31. The highest BCUT2D eigenvalue weighted by Crippen LogP contribution is 2.51. The molecule has 0 saturated heterocycles. The second-order valence-corrected chi connectivity index (χ2v) is 7.11. The number of rotatable bonds is 6. The summed E-state index contributed by atoms with van der Waals surface area (Å²) in [4.78, 5) is 4.65. The second kappa shape index (κ2) is 6.93. The van der Waals surface area contributed by atoms with E-state index in [0.717, 1.165) is 24.0 Å². The van der Waals surface area contributed by atoms with Crippen molar-refractivity contribution in [2.24, 2.45) is 17.5 Å². The van der Waals surface area contributed by atoms with Gasteiger partial charge < -0.3 is 19.9 Å². The van der Waals surface area contributed by atoms with Crippen molar-refractivity contribution < 1.29 is 4.74 Å². The molecule has 2 atom stereocenters. The Balaban J connectivity index is 2.07. The Kier molecular flexibility index (Phi) is 5.32. The molecule has 1 aromatic rings. The van der Waals surface area contributed by atoms with Gasteiger partial charge in [0.1, 0.15) is 12.4 Å². The number of hydrogen-bond acceptors (Lipinski definition) is 4. The molecule has 7 heteroatoms. The first kappa shape index (κ1) is 18.4. The van der Waals surface area contributed by atoms with Gasteiger partial charge >= 0.3 is 0 Å². The lowest BCUT2D eigenvalue weighted by Gasteiger charge is -2.59. The molecule has 0 amide bonds. The summed E-state index contributed by atoms with van der Waals surface area (Å²) < 4.78 is 7.64. The molecule has 0 spiro atoms. The third-order valence-corrected chi connectivity index (χ3v) is 5.56. The van der Waals surface area contributed by atoms with E-state index in [9.17, 15) is 0 Å². The Hall–Kier alpha value is -1.89. The summed E-state index contributed by atoms with van der Waals surface area (Å²) in [6.45, 7) is 13.4. The molecule has 0 bridgehead atoms. The molecule has 0 aliphatic heterocycles. The molecule has 7 nitrogen and oxygen atoms in total. The fraction of sp³-hybridized carbons (Fsp3) is 0.706. The van der Waals surface area contributed by atoms with Gasteiger partial charge in [0, 0.05) is 32.2 Å². The zero-order valence-electron chi connectivity index (χ0n) is 15.7. The standard InChI is InChI=1S/C17H30N6O/c1-8-9-18-15(19-11-14-22-21-12(2)23(14)6)20-13-10-17(5,24-7)16(13,3)4/h8,13H,1,9-11H2,2-7H3,(H2,18,19,20). The van der Waals surface area contributed by atoms with Crippen LogP contribution in [0.3, 0.4) is 0 Å². The van der Waals surface area contributed by atoms with Gasteiger partial charge in [-0.15, -0.1) is 16.8 Å². The van der Waals surface area contributed by atoms with Gasteiger partial charge in [0.25, 0.3) is 0 Å². The normalized spacial score (nSPS) is 25.9. The average Bonchev–Trinajstić information content (AvgIpc) is 2.87. The van der Waals surface area contributed by atoms with Gasteiger partial charge in [0.15, 0.2) is 11.8 Å². The molecule has 2 N–H and O–H groups in total. The van der Waals surface area contributed by atoms with E-state index in [2.05, 4.69) is 53.2 Å². The summed E-state index contributed by atoms with van der Waals surface area (Å²) in [5.41, 5.74) is -0.103. The molecule has 1 aliphatic carbocycles. The molecule has 2 unspecified atom stereocenters. The van der Waals surface area contributed by atoms with Gasteiger partial charge in [-0.3, -0.25) is 0 Å². The van der Waals surface area contributed by atoms with Crippen LogP contribution >= 0.6 is 0 Å². The van der Waals surface area contributed by atoms with Crippen molar-refractivity contribution in [3.05, 3.63) is 24.3 Å². The molecule has 1 aliphatic rings. The summed E-state index contributed by atoms with van der Waals surface area (Å²) in [5, 5.41) is 15.0. The van der Waals surface area contributed by atoms with Gasteiger partial charge in [-0.1, -0.05) is 19.9 Å². The van der Waals surface area contributed by atoms with Crippen molar-refractivity contribution in [3.63, 3.8) is 0 Å². The first-order chi connectivity index (χ1) is 11.2. The number of aromatic nitrogens is 3. The Morgan fingerprint density at radius 2 is 2.17 bits per heavy atom. The molecule has 24 heavy (non-hydrogen) atoms. The fourth-order valence-electron chi connectivity index (χ4n) is 2.95. The van der Waals surface area contributed by atoms with Gasteiger partial charge in [-0.2, -0.15) is 0 Å². The van der Waals surface area contributed by atoms with Crippen LogP contribution in [0.25, 0.3) is 0 Å². The van der Waals surface area contributed by atoms with E-state index < -0.39 is 0 Å². The van der Waals surface area contributed by atoms with E-state index in [1.807, 2.05) is 24.6 Å². The van der Waals surface area contributed by atoms with E-state index in [-0.39, 0.29) is 11.0 Å². The quantitative estimate of drug-likeness (QED) is 0.469. The number of nitrogens with zero attached hydrogens (tertiary/aromatic N) is 4. The lowest BCUT2D eigenvalue weighted by atomic mass is 9.56. The van der Waals surface area contributed by atoms with Crippen molar-refractivity contribution in [2.45, 2.75) is 52.3 Å². The van der Waals surface area contributed by atoms with Gasteiger partial charge in [-0.25, -0.2) is 4.99 Å². The van der Waals surface area contributed by atoms with E-state index in [0.29, 0.717) is 19.1 Å². The van der Waals surface area contributed by atoms with Crippen molar-refractivity contribution in [1.29, 1.82) is 0 Å². The first-order valence-corrected chi connectivity index (χ1v) is 8.31. The minimum Gasteiger partial charge on any atom is -0.378 e. The lowest BCUT2D eigenvalue weighted by Crippen LogP contribution is -2.69. The molecule has 1 aromatic heterocycles. The SMILES string of the molecule is C=CCNC(=NCc1nnc(C)n1C)NC1CC(C)(OC)C1(C)C. The van der Waals surface area contributed by atoms with E-state index in [4.69, 9.17) is 4.74 Å². The molecule has 2 rings (SSSR count). The molecular weight excluding hydrogens is 304 g/mol. The van der Waals surface area contributed by atoms with Crippen molar-refractivity contribution in [3.8, 4) is 0 Å². The van der Waals surface area contributed by atoms with Crippen LogP contribution in [0.2, 0.25) is 0 Å². The van der Waals surface area contributed by atoms with Crippen LogP contribution in [-0.2, 0) is 18.3 Å². The fourth-order valence-corrected chi connectivity index (χ4v) is 2.95. The highest BCUT2D eigenvalue weighted by molar-refractivity contribution is 5.80. The minimum absolute atomic E-state index is 0.0136. The Morgan fingerprint density at radius 3 is 2.67 bits per heavy atom. The van der Waals surface area contributed by atoms with Crippen molar-refractivity contribution in [1.82, 2.24) is 25.4 Å². The summed E-state index contributed by atoms with van der Waals surface area (Å²) in [7, 11) is 3.73. The second-order valence-electron chi connectivity index (χ2n) is 7.11. The van der Waals surface area contributed by atoms with Gasteiger partial charge in [0.05, 0.1) is 5.60 Å². The number of hydrogen-bond donors (Lipinski definition) is 2. The van der Waals surface area contributed by atoms with Crippen molar-refractivity contribution in [2.75, 3.05) is 13.7 Å². The molecule has 1 heterocycles. The van der Waals surface area contributed by atoms with Crippen LogP contribution in [-0.4, -0.2) is 46.0 Å². The van der Waals surface area contributed by atoms with Crippen LogP contribution in [0.15, 0.2) is 17.6 Å². The molecule has 0 radical (unpaired) electrons. The van der Waals surface area contributed by atoms with Crippen molar-refractivity contribution >= 4 is 5.96 Å². The maximum absolute atomic E-state index is 5.69. The van der Waals surface area contributed by atoms with E-state index >= 15 is 0 Å². The third-order valence-electron chi connectivity index (χ3n) is 5.56. The molecule has 1 fully saturated rings. The van der Waals surface area contributed by atoms with Crippen LogP contribution in [0.5, 0.6) is 0 Å². The third kappa shape index (κ3) is 3.31. The van der Waals surface area contributed by atoms with Gasteiger partial charge in [-0.05, 0) is 20.3 Å².